The van der Waals surface area contributed by atoms with Crippen LogP contribution in [-0.4, -0.2) is 36.8 Å². The Hall–Kier alpha value is -3.28. The highest BCUT2D eigenvalue weighted by molar-refractivity contribution is 8.00. The highest BCUT2D eigenvalue weighted by Gasteiger charge is 2.33. The standard InChI is InChI=1S/C18H15F3N2O6S/c1-28-11-4-5-13(12(8-11)17(25)29-2)22-16(24)9-30-15-6-3-10(18(19,20)21)7-14(15)23(26)27/h3-8H,9H2,1-2H3,(H,22,24). The second-order valence-electron chi connectivity index (χ2n) is 5.68. The van der Waals surface area contributed by atoms with Gasteiger partial charge in [0.15, 0.2) is 0 Å². The number of nitrogens with one attached hydrogen (secondary N) is 1. The number of rotatable bonds is 7. The molecule has 1 N–H and O–H groups in total. The molecule has 2 aromatic rings. The molecule has 12 heteroatoms. The van der Waals surface area contributed by atoms with Crippen molar-refractivity contribution in [2.45, 2.75) is 11.1 Å². The lowest BCUT2D eigenvalue weighted by atomic mass is 10.1. The van der Waals surface area contributed by atoms with Crippen molar-refractivity contribution < 1.29 is 37.2 Å². The van der Waals surface area contributed by atoms with Gasteiger partial charge in [-0.25, -0.2) is 4.79 Å². The smallest absolute Gasteiger partial charge is 0.416 e. The normalized spacial score (nSPS) is 11.0. The molecule has 0 spiro atoms. The van der Waals surface area contributed by atoms with Gasteiger partial charge in [0.05, 0.1) is 46.6 Å². The molecule has 0 atom stereocenters. The molecular weight excluding hydrogens is 429 g/mol. The van der Waals surface area contributed by atoms with Gasteiger partial charge in [0.1, 0.15) is 5.75 Å². The maximum absolute atomic E-state index is 12.8. The number of alkyl halides is 3. The van der Waals surface area contributed by atoms with Crippen molar-refractivity contribution >= 4 is 35.0 Å². The quantitative estimate of drug-likeness (QED) is 0.296. The summed E-state index contributed by atoms with van der Waals surface area (Å²) in [6.07, 6.45) is -4.73. The van der Waals surface area contributed by atoms with Gasteiger partial charge in [-0.3, -0.25) is 14.9 Å². The summed E-state index contributed by atoms with van der Waals surface area (Å²) in [4.78, 5) is 34.2. The first-order chi connectivity index (χ1) is 14.1. The van der Waals surface area contributed by atoms with Crippen LogP contribution in [0.15, 0.2) is 41.3 Å². The van der Waals surface area contributed by atoms with Gasteiger partial charge in [-0.15, -0.1) is 11.8 Å². The van der Waals surface area contributed by atoms with Crippen molar-refractivity contribution in [3.63, 3.8) is 0 Å². The molecule has 160 valence electrons. The van der Waals surface area contributed by atoms with Crippen LogP contribution in [0, 0.1) is 10.1 Å². The first-order valence-corrected chi connectivity index (χ1v) is 9.10. The zero-order valence-corrected chi connectivity index (χ0v) is 16.4. The fourth-order valence-corrected chi connectivity index (χ4v) is 3.13. The van der Waals surface area contributed by atoms with Crippen molar-refractivity contribution in [1.82, 2.24) is 0 Å². The summed E-state index contributed by atoms with van der Waals surface area (Å²) >= 11 is 0.688. The minimum absolute atomic E-state index is 0.0238. The summed E-state index contributed by atoms with van der Waals surface area (Å²) in [5, 5.41) is 13.6. The number of esters is 1. The van der Waals surface area contributed by atoms with Crippen molar-refractivity contribution in [3.05, 3.63) is 57.6 Å². The van der Waals surface area contributed by atoms with Crippen LogP contribution in [0.5, 0.6) is 5.75 Å². The van der Waals surface area contributed by atoms with Crippen LogP contribution in [0.3, 0.4) is 0 Å². The van der Waals surface area contributed by atoms with Gasteiger partial charge >= 0.3 is 12.1 Å². The number of anilines is 1. The number of carbonyl (C=O) groups is 2. The monoisotopic (exact) mass is 444 g/mol. The molecule has 0 fully saturated rings. The number of amides is 1. The van der Waals surface area contributed by atoms with E-state index in [0.717, 1.165) is 13.2 Å². The molecule has 8 nitrogen and oxygen atoms in total. The summed E-state index contributed by atoms with van der Waals surface area (Å²) < 4.78 is 48.0. The minimum Gasteiger partial charge on any atom is -0.497 e. The van der Waals surface area contributed by atoms with Crippen LogP contribution in [-0.2, 0) is 15.7 Å². The molecule has 0 heterocycles. The van der Waals surface area contributed by atoms with E-state index in [9.17, 15) is 32.9 Å². The predicted octanol–water partition coefficient (Wildman–Crippen LogP) is 4.14. The number of methoxy groups -OCH3 is 2. The van der Waals surface area contributed by atoms with Gasteiger partial charge in [-0.05, 0) is 30.3 Å². The Labute approximate surface area is 172 Å². The second-order valence-corrected chi connectivity index (χ2v) is 6.69. The first-order valence-electron chi connectivity index (χ1n) is 8.11. The molecule has 0 aliphatic rings. The Kier molecular flexibility index (Phi) is 7.27. The Bertz CT molecular complexity index is 981. The maximum atomic E-state index is 12.8. The van der Waals surface area contributed by atoms with E-state index in [2.05, 4.69) is 10.1 Å². The second kappa shape index (κ2) is 9.48. The minimum atomic E-state index is -4.73. The van der Waals surface area contributed by atoms with Gasteiger partial charge in [0, 0.05) is 6.07 Å². The summed E-state index contributed by atoms with van der Waals surface area (Å²) in [5.41, 5.74) is -1.78. The predicted molar refractivity (Wildman–Crippen MR) is 102 cm³/mol. The highest BCUT2D eigenvalue weighted by atomic mass is 32.2. The third-order valence-electron chi connectivity index (χ3n) is 3.75. The number of thioether (sulfide) groups is 1. The molecule has 0 saturated carbocycles. The van der Waals surface area contributed by atoms with E-state index in [1.54, 1.807) is 0 Å². The van der Waals surface area contributed by atoms with E-state index in [4.69, 9.17) is 4.74 Å². The summed E-state index contributed by atoms with van der Waals surface area (Å²) in [6.45, 7) is 0. The van der Waals surface area contributed by atoms with E-state index in [1.807, 2.05) is 0 Å². The highest BCUT2D eigenvalue weighted by Crippen LogP contribution is 2.36. The molecular formula is C18H15F3N2O6S. The molecule has 0 aliphatic heterocycles. The topological polar surface area (TPSA) is 108 Å². The number of nitro groups is 1. The third kappa shape index (κ3) is 5.63. The van der Waals surface area contributed by atoms with Crippen molar-refractivity contribution in [2.75, 3.05) is 25.3 Å². The number of carbonyl (C=O) groups excluding carboxylic acids is 2. The zero-order chi connectivity index (χ0) is 22.5. The van der Waals surface area contributed by atoms with Crippen LogP contribution in [0.1, 0.15) is 15.9 Å². The third-order valence-corrected chi connectivity index (χ3v) is 4.81. The van der Waals surface area contributed by atoms with Gasteiger partial charge in [-0.1, -0.05) is 0 Å². The number of nitro benzene ring substituents is 1. The van der Waals surface area contributed by atoms with Crippen LogP contribution >= 0.6 is 11.8 Å². The van der Waals surface area contributed by atoms with Crippen LogP contribution in [0.4, 0.5) is 24.5 Å². The summed E-state index contributed by atoms with van der Waals surface area (Å²) in [7, 11) is 2.55. The van der Waals surface area contributed by atoms with Crippen LogP contribution in [0.2, 0.25) is 0 Å². The lowest BCUT2D eigenvalue weighted by Crippen LogP contribution is -2.17. The van der Waals surface area contributed by atoms with Gasteiger partial charge < -0.3 is 14.8 Å². The van der Waals surface area contributed by atoms with Crippen LogP contribution < -0.4 is 10.1 Å². The van der Waals surface area contributed by atoms with E-state index in [-0.39, 0.29) is 21.9 Å². The summed E-state index contributed by atoms with van der Waals surface area (Å²) in [5.74, 6) is -1.36. The average molecular weight is 444 g/mol. The number of nitrogens with zero attached hydrogens (tertiary/aromatic N) is 1. The molecule has 1 amide bonds. The lowest BCUT2D eigenvalue weighted by Gasteiger charge is -2.12. The van der Waals surface area contributed by atoms with Crippen molar-refractivity contribution in [2.24, 2.45) is 0 Å². The van der Waals surface area contributed by atoms with Crippen molar-refractivity contribution in [3.8, 4) is 5.75 Å². The number of ether oxygens (including phenoxy) is 2. The Morgan fingerprint density at radius 2 is 1.87 bits per heavy atom. The molecule has 0 bridgehead atoms. The number of halogens is 3. The molecule has 0 radical (unpaired) electrons. The van der Waals surface area contributed by atoms with E-state index in [1.165, 1.54) is 25.3 Å². The fourth-order valence-electron chi connectivity index (χ4n) is 2.33. The number of hydrogen-bond acceptors (Lipinski definition) is 7. The van der Waals surface area contributed by atoms with Gasteiger partial charge in [0.2, 0.25) is 5.91 Å². The zero-order valence-electron chi connectivity index (χ0n) is 15.6. The van der Waals surface area contributed by atoms with E-state index >= 15 is 0 Å². The van der Waals surface area contributed by atoms with E-state index in [0.29, 0.717) is 29.6 Å². The molecule has 0 unspecified atom stereocenters. The van der Waals surface area contributed by atoms with Crippen molar-refractivity contribution in [1.29, 1.82) is 0 Å². The average Bonchev–Trinajstić information content (AvgIpc) is 2.71. The SMILES string of the molecule is COC(=O)c1cc(OC)ccc1NC(=O)CSc1ccc(C(F)(F)F)cc1[N+](=O)[O-]. The van der Waals surface area contributed by atoms with Gasteiger partial charge in [-0.2, -0.15) is 13.2 Å². The first kappa shape index (κ1) is 23.0. The largest absolute Gasteiger partial charge is 0.497 e. The molecule has 2 aromatic carbocycles. The number of benzene rings is 2. The Balaban J connectivity index is 2.17. The van der Waals surface area contributed by atoms with E-state index < -0.39 is 34.2 Å². The molecule has 0 aliphatic carbocycles. The molecule has 2 rings (SSSR count). The van der Waals surface area contributed by atoms with Gasteiger partial charge in [0.25, 0.3) is 5.69 Å². The summed E-state index contributed by atoms with van der Waals surface area (Å²) in [6, 6.07) is 6.32. The van der Waals surface area contributed by atoms with Crippen LogP contribution in [0.25, 0.3) is 0 Å². The number of hydrogen-bond donors (Lipinski definition) is 1. The molecule has 0 saturated heterocycles. The lowest BCUT2D eigenvalue weighted by molar-refractivity contribution is -0.388. The molecule has 0 aromatic heterocycles. The fraction of sp³-hybridized carbons (Fsp3) is 0.222. The molecule has 30 heavy (non-hydrogen) atoms. The maximum Gasteiger partial charge on any atom is 0.416 e. The Morgan fingerprint density at radius 3 is 2.43 bits per heavy atom. The Morgan fingerprint density at radius 1 is 1.17 bits per heavy atom.